The normalized spacial score (nSPS) is 14.6. The smallest absolute Gasteiger partial charge is 0.414 e. The van der Waals surface area contributed by atoms with Crippen LogP contribution in [0.25, 0.3) is 0 Å². The van der Waals surface area contributed by atoms with Gasteiger partial charge < -0.3 is 10.5 Å². The van der Waals surface area contributed by atoms with Crippen molar-refractivity contribution in [3.8, 4) is 0 Å². The van der Waals surface area contributed by atoms with Gasteiger partial charge in [0, 0.05) is 13.1 Å². The van der Waals surface area contributed by atoms with Crippen molar-refractivity contribution in [2.45, 2.75) is 39.3 Å². The fourth-order valence-electron chi connectivity index (χ4n) is 2.20. The quantitative estimate of drug-likeness (QED) is 0.830. The first-order valence-electron chi connectivity index (χ1n) is 6.24. The summed E-state index contributed by atoms with van der Waals surface area (Å²) in [7, 11) is 0. The minimum absolute atomic E-state index is 0.290. The van der Waals surface area contributed by atoms with E-state index >= 15 is 0 Å². The van der Waals surface area contributed by atoms with Gasteiger partial charge in [0.2, 0.25) is 0 Å². The Morgan fingerprint density at radius 2 is 2.17 bits per heavy atom. The van der Waals surface area contributed by atoms with E-state index in [1.165, 1.54) is 5.56 Å². The van der Waals surface area contributed by atoms with Crippen molar-refractivity contribution in [2.75, 3.05) is 11.4 Å². The van der Waals surface area contributed by atoms with Gasteiger partial charge in [-0.05, 0) is 38.3 Å². The Labute approximate surface area is 108 Å². The molecule has 1 heterocycles. The van der Waals surface area contributed by atoms with Gasteiger partial charge >= 0.3 is 6.09 Å². The van der Waals surface area contributed by atoms with Crippen molar-refractivity contribution >= 4 is 11.8 Å². The molecule has 4 nitrogen and oxygen atoms in total. The zero-order valence-electron chi connectivity index (χ0n) is 11.2. The van der Waals surface area contributed by atoms with Gasteiger partial charge in [-0.2, -0.15) is 0 Å². The van der Waals surface area contributed by atoms with Gasteiger partial charge in [0.15, 0.2) is 0 Å². The van der Waals surface area contributed by atoms with Crippen LogP contribution >= 0.6 is 0 Å². The van der Waals surface area contributed by atoms with E-state index in [1.54, 1.807) is 4.90 Å². The molecule has 2 N–H and O–H groups in total. The first-order chi connectivity index (χ1) is 8.42. The molecule has 0 spiro atoms. The highest BCUT2D eigenvalue weighted by molar-refractivity contribution is 5.91. The van der Waals surface area contributed by atoms with Gasteiger partial charge in [-0.15, -0.1) is 0 Å². The highest BCUT2D eigenvalue weighted by atomic mass is 16.6. The maximum atomic E-state index is 12.2. The van der Waals surface area contributed by atoms with Gasteiger partial charge in [0.1, 0.15) is 5.60 Å². The van der Waals surface area contributed by atoms with Crippen LogP contribution in [0.3, 0.4) is 0 Å². The van der Waals surface area contributed by atoms with Gasteiger partial charge in [0.25, 0.3) is 0 Å². The number of hydrogen-bond donors (Lipinski definition) is 1. The lowest BCUT2D eigenvalue weighted by molar-refractivity contribution is 0.0583. The molecule has 0 saturated heterocycles. The fraction of sp³-hybridized carbons (Fsp3) is 0.500. The second kappa shape index (κ2) is 4.61. The second-order valence-corrected chi connectivity index (χ2v) is 5.51. The summed E-state index contributed by atoms with van der Waals surface area (Å²) >= 11 is 0. The van der Waals surface area contributed by atoms with E-state index in [0.29, 0.717) is 13.1 Å². The molecule has 1 aliphatic heterocycles. The largest absolute Gasteiger partial charge is 0.443 e. The van der Waals surface area contributed by atoms with E-state index in [0.717, 1.165) is 17.7 Å². The molecule has 1 aromatic rings. The molecule has 18 heavy (non-hydrogen) atoms. The number of carbonyl (C=O) groups excluding carboxylic acids is 1. The summed E-state index contributed by atoms with van der Waals surface area (Å²) in [5, 5.41) is 0. The molecule has 0 saturated carbocycles. The van der Waals surface area contributed by atoms with E-state index < -0.39 is 5.60 Å². The van der Waals surface area contributed by atoms with E-state index in [9.17, 15) is 4.79 Å². The third-order valence-electron chi connectivity index (χ3n) is 2.91. The molecular weight excluding hydrogens is 228 g/mol. The summed E-state index contributed by atoms with van der Waals surface area (Å²) in [5.74, 6) is 0. The first-order valence-corrected chi connectivity index (χ1v) is 6.24. The Morgan fingerprint density at radius 3 is 2.78 bits per heavy atom. The van der Waals surface area contributed by atoms with E-state index in [1.807, 2.05) is 39.0 Å². The van der Waals surface area contributed by atoms with E-state index in [2.05, 4.69) is 0 Å². The third-order valence-corrected chi connectivity index (χ3v) is 2.91. The van der Waals surface area contributed by atoms with Crippen molar-refractivity contribution in [3.05, 3.63) is 29.3 Å². The number of ether oxygens (including phenoxy) is 1. The lowest BCUT2D eigenvalue weighted by Crippen LogP contribution is -2.36. The van der Waals surface area contributed by atoms with Gasteiger partial charge in [-0.25, -0.2) is 4.79 Å². The molecular formula is C14H20N2O2. The molecule has 1 aromatic carbocycles. The van der Waals surface area contributed by atoms with Crippen LogP contribution in [0.5, 0.6) is 0 Å². The van der Waals surface area contributed by atoms with Crippen LogP contribution in [0, 0.1) is 0 Å². The standard InChI is InChI=1S/C14H20N2O2/c1-14(2,3)18-13(17)16-8-7-10-5-4-6-11(9-15)12(10)16/h4-6H,7-9,15H2,1-3H3. The summed E-state index contributed by atoms with van der Waals surface area (Å²) in [4.78, 5) is 13.9. The number of fused-ring (bicyclic) bond motifs is 1. The van der Waals surface area contributed by atoms with Crippen molar-refractivity contribution in [3.63, 3.8) is 0 Å². The summed E-state index contributed by atoms with van der Waals surface area (Å²) in [5.41, 5.74) is 8.36. The Balaban J connectivity index is 2.28. The molecule has 98 valence electrons. The summed E-state index contributed by atoms with van der Waals surface area (Å²) in [6, 6.07) is 5.99. The van der Waals surface area contributed by atoms with Crippen LogP contribution in [-0.2, 0) is 17.7 Å². The average molecular weight is 248 g/mol. The molecule has 0 unspecified atom stereocenters. The van der Waals surface area contributed by atoms with Crippen LogP contribution < -0.4 is 10.6 Å². The zero-order chi connectivity index (χ0) is 13.3. The maximum absolute atomic E-state index is 12.2. The number of para-hydroxylation sites is 1. The number of amides is 1. The molecule has 0 aromatic heterocycles. The summed E-state index contributed by atoms with van der Waals surface area (Å²) < 4.78 is 5.42. The number of rotatable bonds is 1. The van der Waals surface area contributed by atoms with Crippen molar-refractivity contribution < 1.29 is 9.53 Å². The average Bonchev–Trinajstić information content (AvgIpc) is 2.70. The van der Waals surface area contributed by atoms with Crippen LogP contribution in [0.1, 0.15) is 31.9 Å². The van der Waals surface area contributed by atoms with Gasteiger partial charge in [-0.1, -0.05) is 18.2 Å². The number of carbonyl (C=O) groups is 1. The van der Waals surface area contributed by atoms with Crippen molar-refractivity contribution in [1.82, 2.24) is 0 Å². The molecule has 0 bridgehead atoms. The van der Waals surface area contributed by atoms with Crippen LogP contribution in [-0.4, -0.2) is 18.2 Å². The van der Waals surface area contributed by atoms with Crippen LogP contribution in [0.15, 0.2) is 18.2 Å². The Kier molecular flexibility index (Phi) is 3.30. The van der Waals surface area contributed by atoms with Crippen molar-refractivity contribution in [2.24, 2.45) is 5.73 Å². The predicted octanol–water partition coefficient (Wildman–Crippen LogP) is 2.44. The lowest BCUT2D eigenvalue weighted by atomic mass is 10.1. The number of nitrogens with two attached hydrogens (primary N) is 1. The Morgan fingerprint density at radius 1 is 1.44 bits per heavy atom. The zero-order valence-corrected chi connectivity index (χ0v) is 11.2. The number of hydrogen-bond acceptors (Lipinski definition) is 3. The Bertz CT molecular complexity index is 463. The minimum atomic E-state index is -0.475. The van der Waals surface area contributed by atoms with E-state index in [4.69, 9.17) is 10.5 Å². The molecule has 1 aliphatic rings. The van der Waals surface area contributed by atoms with Crippen molar-refractivity contribution in [1.29, 1.82) is 0 Å². The molecule has 1 amide bonds. The van der Waals surface area contributed by atoms with Crippen LogP contribution in [0.4, 0.5) is 10.5 Å². The molecule has 0 radical (unpaired) electrons. The molecule has 4 heteroatoms. The molecule has 2 rings (SSSR count). The SMILES string of the molecule is CC(C)(C)OC(=O)N1CCc2cccc(CN)c21. The number of benzene rings is 1. The van der Waals surface area contributed by atoms with Gasteiger partial charge in [-0.3, -0.25) is 4.90 Å². The van der Waals surface area contributed by atoms with E-state index in [-0.39, 0.29) is 6.09 Å². The third kappa shape index (κ3) is 2.48. The monoisotopic (exact) mass is 248 g/mol. The molecule has 0 atom stereocenters. The fourth-order valence-corrected chi connectivity index (χ4v) is 2.20. The van der Waals surface area contributed by atoms with Gasteiger partial charge in [0.05, 0.1) is 5.69 Å². The summed E-state index contributed by atoms with van der Waals surface area (Å²) in [6.45, 7) is 6.72. The highest BCUT2D eigenvalue weighted by Crippen LogP contribution is 2.32. The molecule has 0 aliphatic carbocycles. The number of anilines is 1. The van der Waals surface area contributed by atoms with Crippen LogP contribution in [0.2, 0.25) is 0 Å². The molecule has 0 fully saturated rings. The second-order valence-electron chi connectivity index (χ2n) is 5.51. The lowest BCUT2D eigenvalue weighted by Gasteiger charge is -2.25. The maximum Gasteiger partial charge on any atom is 0.414 e. The predicted molar refractivity (Wildman–Crippen MR) is 71.6 cm³/mol. The Hall–Kier alpha value is -1.55. The minimum Gasteiger partial charge on any atom is -0.443 e. The first kappa shape index (κ1) is 12.9. The topological polar surface area (TPSA) is 55.6 Å². The highest BCUT2D eigenvalue weighted by Gasteiger charge is 2.30. The summed E-state index contributed by atoms with van der Waals surface area (Å²) in [6.07, 6.45) is 0.574. The number of nitrogens with zero attached hydrogens (tertiary/aromatic N) is 1.